The van der Waals surface area contributed by atoms with E-state index >= 15 is 0 Å². The average molecular weight is 231 g/mol. The normalized spacial score (nSPS) is 18.5. The molecule has 0 heterocycles. The van der Waals surface area contributed by atoms with Crippen molar-refractivity contribution in [3.63, 3.8) is 0 Å². The Morgan fingerprint density at radius 2 is 1.71 bits per heavy atom. The third-order valence-corrected chi connectivity index (χ3v) is 4.17. The molecule has 1 N–H and O–H groups in total. The Morgan fingerprint density at radius 1 is 1.12 bits per heavy atom. The van der Waals surface area contributed by atoms with Gasteiger partial charge in [-0.05, 0) is 43.2 Å². The molecule has 1 unspecified atom stereocenters. The summed E-state index contributed by atoms with van der Waals surface area (Å²) in [6, 6.07) is 9.68. The van der Waals surface area contributed by atoms with Crippen LogP contribution >= 0.6 is 0 Å². The molecule has 1 heteroatoms. The van der Waals surface area contributed by atoms with E-state index in [0.29, 0.717) is 6.04 Å². The zero-order valence-electron chi connectivity index (χ0n) is 11.2. The van der Waals surface area contributed by atoms with Gasteiger partial charge in [0.05, 0.1) is 0 Å². The first kappa shape index (κ1) is 12.6. The van der Waals surface area contributed by atoms with Crippen molar-refractivity contribution < 1.29 is 0 Å². The predicted octanol–water partition coefficient (Wildman–Crippen LogP) is 3.92. The lowest BCUT2D eigenvalue weighted by Gasteiger charge is -2.20. The van der Waals surface area contributed by atoms with Crippen molar-refractivity contribution in [1.29, 1.82) is 0 Å². The van der Waals surface area contributed by atoms with Crippen molar-refractivity contribution in [2.75, 3.05) is 0 Å². The van der Waals surface area contributed by atoms with E-state index in [1.54, 1.807) is 0 Å². The van der Waals surface area contributed by atoms with Crippen molar-refractivity contribution in [3.8, 4) is 0 Å². The van der Waals surface area contributed by atoms with Crippen LogP contribution in [-0.2, 0) is 13.0 Å². The van der Waals surface area contributed by atoms with Gasteiger partial charge < -0.3 is 5.32 Å². The lowest BCUT2D eigenvalue weighted by molar-refractivity contribution is 0.380. The molecule has 94 valence electrons. The fourth-order valence-electron chi connectivity index (χ4n) is 2.80. The summed E-state index contributed by atoms with van der Waals surface area (Å²) in [6.45, 7) is 5.56. The number of rotatable bonds is 5. The highest BCUT2D eigenvalue weighted by Crippen LogP contribution is 2.27. The summed E-state index contributed by atoms with van der Waals surface area (Å²) < 4.78 is 0. The molecule has 1 aliphatic carbocycles. The minimum absolute atomic E-state index is 0.670. The summed E-state index contributed by atoms with van der Waals surface area (Å²) in [4.78, 5) is 0. The maximum absolute atomic E-state index is 3.68. The first-order chi connectivity index (χ1) is 8.29. The Kier molecular flexibility index (Phi) is 4.61. The topological polar surface area (TPSA) is 12.0 Å². The van der Waals surface area contributed by atoms with Crippen LogP contribution < -0.4 is 5.32 Å². The molecular formula is C16H25N. The van der Waals surface area contributed by atoms with E-state index in [4.69, 9.17) is 0 Å². The fraction of sp³-hybridized carbons (Fsp3) is 0.625. The Hall–Kier alpha value is -0.820. The van der Waals surface area contributed by atoms with E-state index in [-0.39, 0.29) is 0 Å². The van der Waals surface area contributed by atoms with Gasteiger partial charge >= 0.3 is 0 Å². The molecular weight excluding hydrogens is 206 g/mol. The number of hydrogen-bond acceptors (Lipinski definition) is 1. The molecule has 1 aromatic rings. The lowest BCUT2D eigenvalue weighted by Crippen LogP contribution is -2.31. The molecule has 0 saturated heterocycles. The summed E-state index contributed by atoms with van der Waals surface area (Å²) in [5.41, 5.74) is 2.84. The fourth-order valence-corrected chi connectivity index (χ4v) is 2.80. The molecule has 0 spiro atoms. The first-order valence-electron chi connectivity index (χ1n) is 7.10. The number of nitrogens with one attached hydrogen (secondary N) is 1. The molecule has 0 radical (unpaired) electrons. The smallest absolute Gasteiger partial charge is 0.0208 e. The van der Waals surface area contributed by atoms with Crippen LogP contribution in [0.5, 0.6) is 0 Å². The molecule has 0 aromatic heterocycles. The predicted molar refractivity (Wildman–Crippen MR) is 74.1 cm³/mol. The van der Waals surface area contributed by atoms with E-state index in [2.05, 4.69) is 43.4 Å². The summed E-state index contributed by atoms with van der Waals surface area (Å²) in [6.07, 6.45) is 6.84. The highest BCUT2D eigenvalue weighted by atomic mass is 14.9. The summed E-state index contributed by atoms with van der Waals surface area (Å²) in [7, 11) is 0. The van der Waals surface area contributed by atoms with Crippen LogP contribution in [0.1, 0.15) is 50.7 Å². The molecule has 1 fully saturated rings. The van der Waals surface area contributed by atoms with Gasteiger partial charge in [0.15, 0.2) is 0 Å². The summed E-state index contributed by atoms with van der Waals surface area (Å²) >= 11 is 0. The van der Waals surface area contributed by atoms with Gasteiger partial charge in [0.1, 0.15) is 0 Å². The number of benzene rings is 1. The number of hydrogen-bond donors (Lipinski definition) is 1. The van der Waals surface area contributed by atoms with Crippen LogP contribution in [0, 0.1) is 5.92 Å². The average Bonchev–Trinajstić information content (AvgIpc) is 2.90. The van der Waals surface area contributed by atoms with E-state index in [1.807, 2.05) is 0 Å². The van der Waals surface area contributed by atoms with Crippen molar-refractivity contribution in [1.82, 2.24) is 5.32 Å². The quantitative estimate of drug-likeness (QED) is 0.810. The lowest BCUT2D eigenvalue weighted by atomic mass is 9.99. The van der Waals surface area contributed by atoms with Gasteiger partial charge in [-0.15, -0.1) is 0 Å². The SMILES string of the molecule is CCc1ccc(CNC(C)C2CCCC2)cc1. The van der Waals surface area contributed by atoms with Crippen molar-refractivity contribution in [2.24, 2.45) is 5.92 Å². The Balaban J connectivity index is 1.80. The van der Waals surface area contributed by atoms with Crippen molar-refractivity contribution in [2.45, 2.75) is 58.5 Å². The maximum atomic E-state index is 3.68. The Bertz CT molecular complexity index is 322. The molecule has 2 rings (SSSR count). The second kappa shape index (κ2) is 6.20. The van der Waals surface area contributed by atoms with Gasteiger partial charge in [-0.1, -0.05) is 44.0 Å². The Morgan fingerprint density at radius 3 is 2.29 bits per heavy atom. The van der Waals surface area contributed by atoms with Crippen LogP contribution in [-0.4, -0.2) is 6.04 Å². The van der Waals surface area contributed by atoms with Crippen molar-refractivity contribution in [3.05, 3.63) is 35.4 Å². The van der Waals surface area contributed by atoms with Gasteiger partial charge in [0.25, 0.3) is 0 Å². The molecule has 1 atom stereocenters. The summed E-state index contributed by atoms with van der Waals surface area (Å²) in [5, 5.41) is 3.68. The van der Waals surface area contributed by atoms with Crippen LogP contribution in [0.15, 0.2) is 24.3 Å². The van der Waals surface area contributed by atoms with Gasteiger partial charge in [0.2, 0.25) is 0 Å². The van der Waals surface area contributed by atoms with E-state index in [0.717, 1.165) is 18.9 Å². The monoisotopic (exact) mass is 231 g/mol. The van der Waals surface area contributed by atoms with Crippen molar-refractivity contribution >= 4 is 0 Å². The molecule has 0 amide bonds. The zero-order chi connectivity index (χ0) is 12.1. The Labute approximate surface area is 106 Å². The van der Waals surface area contributed by atoms with Gasteiger partial charge in [-0.2, -0.15) is 0 Å². The van der Waals surface area contributed by atoms with Crippen LogP contribution in [0.2, 0.25) is 0 Å². The molecule has 1 saturated carbocycles. The molecule has 1 aliphatic rings. The maximum Gasteiger partial charge on any atom is 0.0208 e. The van der Waals surface area contributed by atoms with E-state index < -0.39 is 0 Å². The molecule has 1 nitrogen and oxygen atoms in total. The van der Waals surface area contributed by atoms with E-state index in [1.165, 1.54) is 36.8 Å². The van der Waals surface area contributed by atoms with Gasteiger partial charge in [0, 0.05) is 12.6 Å². The summed E-state index contributed by atoms with van der Waals surface area (Å²) in [5.74, 6) is 0.907. The highest BCUT2D eigenvalue weighted by Gasteiger charge is 2.20. The molecule has 17 heavy (non-hydrogen) atoms. The second-order valence-electron chi connectivity index (χ2n) is 5.38. The molecule has 0 aliphatic heterocycles. The molecule has 0 bridgehead atoms. The van der Waals surface area contributed by atoms with E-state index in [9.17, 15) is 0 Å². The minimum atomic E-state index is 0.670. The largest absolute Gasteiger partial charge is 0.310 e. The zero-order valence-corrected chi connectivity index (χ0v) is 11.2. The first-order valence-corrected chi connectivity index (χ1v) is 7.10. The minimum Gasteiger partial charge on any atom is -0.310 e. The van der Waals surface area contributed by atoms with Crippen LogP contribution in [0.25, 0.3) is 0 Å². The molecule has 1 aromatic carbocycles. The standard InChI is InChI=1S/C16H25N/c1-3-14-8-10-15(11-9-14)12-17-13(2)16-6-4-5-7-16/h8-11,13,16-17H,3-7,12H2,1-2H3. The second-order valence-corrected chi connectivity index (χ2v) is 5.38. The van der Waals surface area contributed by atoms with Crippen LogP contribution in [0.3, 0.4) is 0 Å². The van der Waals surface area contributed by atoms with Gasteiger partial charge in [-0.25, -0.2) is 0 Å². The highest BCUT2D eigenvalue weighted by molar-refractivity contribution is 5.22. The third kappa shape index (κ3) is 3.57. The van der Waals surface area contributed by atoms with Crippen LogP contribution in [0.4, 0.5) is 0 Å². The third-order valence-electron chi connectivity index (χ3n) is 4.17. The number of aryl methyl sites for hydroxylation is 1. The van der Waals surface area contributed by atoms with Gasteiger partial charge in [-0.3, -0.25) is 0 Å².